The predicted octanol–water partition coefficient (Wildman–Crippen LogP) is -0.0581. The minimum absolute atomic E-state index is 0.131. The minimum Gasteiger partial charge on any atom is -0.305 e. The van der Waals surface area contributed by atoms with E-state index in [9.17, 15) is 13.2 Å². The first-order valence-corrected chi connectivity index (χ1v) is 6.23. The number of hydrogen-bond donors (Lipinski definition) is 0. The molecule has 0 N–H and O–H groups in total. The van der Waals surface area contributed by atoms with Crippen molar-refractivity contribution in [3.63, 3.8) is 0 Å². The molecule has 0 amide bonds. The maximum Gasteiger partial charge on any atom is 0.148 e. The summed E-state index contributed by atoms with van der Waals surface area (Å²) < 4.78 is 21.6. The number of sulfone groups is 1. The molecule has 0 saturated heterocycles. The van der Waals surface area contributed by atoms with Crippen LogP contribution < -0.4 is 0 Å². The molecule has 0 aromatic rings. The largest absolute Gasteiger partial charge is 0.305 e. The Morgan fingerprint density at radius 3 is 2.23 bits per heavy atom. The molecule has 0 rings (SSSR count). The van der Waals surface area contributed by atoms with Gasteiger partial charge >= 0.3 is 0 Å². The van der Waals surface area contributed by atoms with Crippen LogP contribution in [0.3, 0.4) is 0 Å². The smallest absolute Gasteiger partial charge is 0.148 e. The Labute approximate surface area is 79.8 Å². The van der Waals surface area contributed by atoms with Gasteiger partial charge in [-0.3, -0.25) is 4.79 Å². The summed E-state index contributed by atoms with van der Waals surface area (Å²) in [6, 6.07) is 0. The molecule has 78 valence electrons. The van der Waals surface area contributed by atoms with E-state index >= 15 is 0 Å². The third-order valence-corrected chi connectivity index (χ3v) is 2.61. The molecular weight excluding hydrogens is 190 g/mol. The van der Waals surface area contributed by atoms with Crippen LogP contribution in [0.4, 0.5) is 0 Å². The van der Waals surface area contributed by atoms with Gasteiger partial charge in [-0.25, -0.2) is 8.42 Å². The van der Waals surface area contributed by atoms with Gasteiger partial charge in [-0.1, -0.05) is 0 Å². The first-order valence-electron chi connectivity index (χ1n) is 4.17. The molecule has 0 aromatic heterocycles. The molecule has 0 atom stereocenters. The van der Waals surface area contributed by atoms with E-state index in [2.05, 4.69) is 0 Å². The third-order valence-electron chi connectivity index (χ3n) is 1.69. The third kappa shape index (κ3) is 9.49. The quantitative estimate of drug-likeness (QED) is 0.612. The highest BCUT2D eigenvalue weighted by molar-refractivity contribution is 7.90. The lowest BCUT2D eigenvalue weighted by atomic mass is 10.3. The second-order valence-corrected chi connectivity index (χ2v) is 5.64. The topological polar surface area (TPSA) is 54.5 Å². The number of carbonyl (C=O) groups excluding carboxylic acids is 1. The van der Waals surface area contributed by atoms with Crippen LogP contribution in [0.25, 0.3) is 0 Å². The van der Waals surface area contributed by atoms with E-state index in [-0.39, 0.29) is 11.5 Å². The van der Waals surface area contributed by atoms with Crippen LogP contribution >= 0.6 is 0 Å². The second kappa shape index (κ2) is 5.34. The molecule has 0 aliphatic carbocycles. The Morgan fingerprint density at radius 2 is 1.85 bits per heavy atom. The lowest BCUT2D eigenvalue weighted by molar-refractivity contribution is -0.117. The molecule has 0 fully saturated rings. The lowest BCUT2D eigenvalue weighted by Crippen LogP contribution is -2.27. The van der Waals surface area contributed by atoms with E-state index in [1.54, 1.807) is 0 Å². The summed E-state index contributed by atoms with van der Waals surface area (Å²) in [6.07, 6.45) is 1.70. The summed E-state index contributed by atoms with van der Waals surface area (Å²) in [5, 5.41) is 0. The molecule has 0 heterocycles. The van der Waals surface area contributed by atoms with Crippen molar-refractivity contribution in [1.29, 1.82) is 0 Å². The maximum absolute atomic E-state index is 10.8. The fraction of sp³-hybridized carbons (Fsp3) is 0.875. The summed E-state index contributed by atoms with van der Waals surface area (Å²) >= 11 is 0. The van der Waals surface area contributed by atoms with Crippen LogP contribution in [-0.2, 0) is 14.6 Å². The van der Waals surface area contributed by atoms with Gasteiger partial charge < -0.3 is 4.90 Å². The summed E-state index contributed by atoms with van der Waals surface area (Å²) in [6.45, 7) is 2.65. The number of ketones is 1. The van der Waals surface area contributed by atoms with E-state index in [0.29, 0.717) is 19.5 Å². The monoisotopic (exact) mass is 207 g/mol. The lowest BCUT2D eigenvalue weighted by Gasteiger charge is -2.14. The van der Waals surface area contributed by atoms with Crippen molar-refractivity contribution < 1.29 is 13.2 Å². The van der Waals surface area contributed by atoms with Crippen LogP contribution in [0.2, 0.25) is 0 Å². The number of nitrogens with zero attached hydrogens (tertiary/aromatic N) is 1. The molecule has 0 aromatic carbocycles. The molecule has 0 radical (unpaired) electrons. The van der Waals surface area contributed by atoms with Crippen LogP contribution in [0, 0.1) is 0 Å². The van der Waals surface area contributed by atoms with Crippen molar-refractivity contribution in [2.45, 2.75) is 13.3 Å². The van der Waals surface area contributed by atoms with Gasteiger partial charge in [0.1, 0.15) is 15.6 Å². The zero-order valence-corrected chi connectivity index (χ0v) is 9.23. The Hall–Kier alpha value is -0.420. The summed E-state index contributed by atoms with van der Waals surface area (Å²) in [7, 11) is -1.07. The molecule has 4 nitrogen and oxygen atoms in total. The molecular formula is C8H17NO3S. The molecule has 0 unspecified atom stereocenters. The minimum atomic E-state index is -2.88. The van der Waals surface area contributed by atoms with Crippen molar-refractivity contribution in [2.75, 3.05) is 32.1 Å². The molecule has 0 saturated carbocycles. The van der Waals surface area contributed by atoms with Crippen molar-refractivity contribution >= 4 is 15.6 Å². The first kappa shape index (κ1) is 12.6. The maximum atomic E-state index is 10.8. The van der Waals surface area contributed by atoms with E-state index in [0.717, 1.165) is 0 Å². The van der Waals surface area contributed by atoms with E-state index < -0.39 is 9.84 Å². The Kier molecular flexibility index (Phi) is 5.17. The summed E-state index contributed by atoms with van der Waals surface area (Å²) in [4.78, 5) is 12.5. The number of Topliss-reactive ketones (excluding diaryl/α,β-unsaturated/α-hetero) is 1. The van der Waals surface area contributed by atoms with E-state index in [4.69, 9.17) is 0 Å². The van der Waals surface area contributed by atoms with Crippen LogP contribution in [0.5, 0.6) is 0 Å². The van der Waals surface area contributed by atoms with Crippen LogP contribution in [-0.4, -0.2) is 51.2 Å². The van der Waals surface area contributed by atoms with Gasteiger partial charge in [0.25, 0.3) is 0 Å². The van der Waals surface area contributed by atoms with Gasteiger partial charge in [-0.15, -0.1) is 0 Å². The SMILES string of the molecule is CC(=O)CCN(C)CCS(C)(=O)=O. The van der Waals surface area contributed by atoms with Crippen molar-refractivity contribution in [3.05, 3.63) is 0 Å². The Morgan fingerprint density at radius 1 is 1.31 bits per heavy atom. The standard InChI is InChI=1S/C8H17NO3S/c1-8(10)4-5-9(2)6-7-13(3,11)12/h4-7H2,1-3H3. The van der Waals surface area contributed by atoms with Gasteiger partial charge in [0.15, 0.2) is 0 Å². The Balaban J connectivity index is 3.64. The highest BCUT2D eigenvalue weighted by atomic mass is 32.2. The first-order chi connectivity index (χ1) is 5.81. The van der Waals surface area contributed by atoms with Crippen molar-refractivity contribution in [2.24, 2.45) is 0 Å². The van der Waals surface area contributed by atoms with E-state index in [1.807, 2.05) is 11.9 Å². The number of carbonyl (C=O) groups is 1. The van der Waals surface area contributed by atoms with E-state index in [1.165, 1.54) is 13.2 Å². The molecule has 0 aliphatic heterocycles. The van der Waals surface area contributed by atoms with Crippen molar-refractivity contribution in [1.82, 2.24) is 4.90 Å². The molecule has 0 aliphatic rings. The normalized spacial score (nSPS) is 12.0. The van der Waals surface area contributed by atoms with Gasteiger partial charge in [0.05, 0.1) is 5.75 Å². The predicted molar refractivity (Wildman–Crippen MR) is 52.5 cm³/mol. The molecule has 0 bridgehead atoms. The highest BCUT2D eigenvalue weighted by Crippen LogP contribution is 1.91. The number of hydrogen-bond acceptors (Lipinski definition) is 4. The van der Waals surface area contributed by atoms with Gasteiger partial charge in [0, 0.05) is 25.8 Å². The molecule has 0 spiro atoms. The van der Waals surface area contributed by atoms with Crippen LogP contribution in [0.15, 0.2) is 0 Å². The highest BCUT2D eigenvalue weighted by Gasteiger charge is 2.05. The molecule has 13 heavy (non-hydrogen) atoms. The second-order valence-electron chi connectivity index (χ2n) is 3.39. The average Bonchev–Trinajstić information content (AvgIpc) is 1.95. The van der Waals surface area contributed by atoms with Gasteiger partial charge in [-0.05, 0) is 14.0 Å². The summed E-state index contributed by atoms with van der Waals surface area (Å²) in [5.74, 6) is 0.285. The summed E-state index contributed by atoms with van der Waals surface area (Å²) in [5.41, 5.74) is 0. The van der Waals surface area contributed by atoms with Crippen molar-refractivity contribution in [3.8, 4) is 0 Å². The van der Waals surface area contributed by atoms with Crippen LogP contribution in [0.1, 0.15) is 13.3 Å². The zero-order chi connectivity index (χ0) is 10.5. The molecule has 5 heteroatoms. The fourth-order valence-corrected chi connectivity index (χ4v) is 1.43. The fourth-order valence-electron chi connectivity index (χ4n) is 0.782. The number of rotatable bonds is 6. The Bertz CT molecular complexity index is 259. The average molecular weight is 207 g/mol. The van der Waals surface area contributed by atoms with Gasteiger partial charge in [0.2, 0.25) is 0 Å². The zero-order valence-electron chi connectivity index (χ0n) is 8.41. The van der Waals surface area contributed by atoms with Gasteiger partial charge in [-0.2, -0.15) is 0 Å².